The quantitative estimate of drug-likeness (QED) is 0.348. The van der Waals surface area contributed by atoms with Gasteiger partial charge in [0.1, 0.15) is 5.82 Å². The van der Waals surface area contributed by atoms with Crippen molar-refractivity contribution in [3.8, 4) is 5.69 Å². The van der Waals surface area contributed by atoms with E-state index in [1.807, 2.05) is 0 Å². The summed E-state index contributed by atoms with van der Waals surface area (Å²) in [7, 11) is 0. The van der Waals surface area contributed by atoms with Crippen molar-refractivity contribution in [2.75, 3.05) is 11.9 Å². The number of nitrogens with one attached hydrogen (secondary N) is 2. The van der Waals surface area contributed by atoms with Crippen LogP contribution < -0.4 is 21.9 Å². The fraction of sp³-hybridized carbons (Fsp3) is 0.200. The number of ether oxygens (including phenoxy) is 1. The molecule has 1 aliphatic carbocycles. The van der Waals surface area contributed by atoms with Crippen molar-refractivity contribution in [1.29, 1.82) is 0 Å². The highest BCUT2D eigenvalue weighted by Gasteiger charge is 2.63. The molecule has 188 valence electrons. The molecule has 11 heteroatoms. The Hall–Kier alpha value is -4.18. The van der Waals surface area contributed by atoms with Crippen LogP contribution in [0, 0.1) is 23.6 Å². The molecule has 1 heterocycles. The molecule has 0 radical (unpaired) electrons. The summed E-state index contributed by atoms with van der Waals surface area (Å²) < 4.78 is 21.0. The third-order valence-corrected chi connectivity index (χ3v) is 5.63. The number of amides is 2. The van der Waals surface area contributed by atoms with Crippen LogP contribution in [0.1, 0.15) is 6.92 Å². The van der Waals surface area contributed by atoms with Crippen molar-refractivity contribution >= 4 is 35.1 Å². The molecule has 0 bridgehead atoms. The molecule has 3 rings (SSSR count). The first-order valence-electron chi connectivity index (χ1n) is 10.9. The molecule has 2 amide bonds. The molecule has 0 aliphatic heterocycles. The zero-order valence-electron chi connectivity index (χ0n) is 19.2. The first kappa shape index (κ1) is 26.4. The number of carbonyl (C=O) groups is 3. The predicted octanol–water partition coefficient (Wildman–Crippen LogP) is 2.57. The van der Waals surface area contributed by atoms with Gasteiger partial charge in [-0.25, -0.2) is 4.39 Å². The van der Waals surface area contributed by atoms with E-state index in [1.54, 1.807) is 19.1 Å². The summed E-state index contributed by atoms with van der Waals surface area (Å²) in [4.78, 5) is 50.0. The minimum Gasteiger partial charge on any atom is -0.466 e. The summed E-state index contributed by atoms with van der Waals surface area (Å²) in [6.45, 7) is 5.33. The van der Waals surface area contributed by atoms with Crippen molar-refractivity contribution in [3.05, 3.63) is 94.4 Å². The average molecular weight is 515 g/mol. The van der Waals surface area contributed by atoms with Gasteiger partial charge in [0.05, 0.1) is 40.8 Å². The Bertz CT molecular complexity index is 1320. The van der Waals surface area contributed by atoms with Crippen molar-refractivity contribution < 1.29 is 23.5 Å². The standard InChI is InChI=1S/C25H24ClFN4O5/c1-3-36-25(35)22-20(23(33)29-14(2)7-8-15(26)13-28)21(22)24(34)30-18-10-9-16(12-17(18)27)31-11-5-4-6-19(31)32/h4-13,20-22H,2-3,28H2,1H3,(H,29,33)(H,30,34)/b8-7-,15-13+/t20-,21+,22+/m1/s1. The van der Waals surface area contributed by atoms with E-state index < -0.39 is 41.4 Å². The van der Waals surface area contributed by atoms with Gasteiger partial charge in [0, 0.05) is 30.2 Å². The minimum absolute atomic E-state index is 0.0618. The number of allylic oxidation sites excluding steroid dienone is 3. The van der Waals surface area contributed by atoms with E-state index in [-0.39, 0.29) is 34.3 Å². The van der Waals surface area contributed by atoms with Crippen LogP contribution in [0.15, 0.2) is 83.0 Å². The first-order valence-corrected chi connectivity index (χ1v) is 11.3. The van der Waals surface area contributed by atoms with Gasteiger partial charge in [-0.2, -0.15) is 0 Å². The van der Waals surface area contributed by atoms with Crippen molar-refractivity contribution in [2.45, 2.75) is 6.92 Å². The molecule has 1 saturated carbocycles. The summed E-state index contributed by atoms with van der Waals surface area (Å²) in [6.07, 6.45) is 5.43. The summed E-state index contributed by atoms with van der Waals surface area (Å²) >= 11 is 5.76. The smallest absolute Gasteiger partial charge is 0.310 e. The number of anilines is 1. The number of nitrogens with zero attached hydrogens (tertiary/aromatic N) is 1. The molecular weight excluding hydrogens is 491 g/mol. The second kappa shape index (κ2) is 11.5. The van der Waals surface area contributed by atoms with Crippen molar-refractivity contribution in [2.24, 2.45) is 23.5 Å². The Kier molecular flexibility index (Phi) is 8.44. The minimum atomic E-state index is -1.08. The summed E-state index contributed by atoms with van der Waals surface area (Å²) in [5.41, 5.74) is 5.17. The topological polar surface area (TPSA) is 133 Å². The van der Waals surface area contributed by atoms with Crippen LogP contribution in [-0.2, 0) is 19.1 Å². The number of hydrogen-bond acceptors (Lipinski definition) is 6. The highest BCUT2D eigenvalue weighted by Crippen LogP contribution is 2.48. The number of carbonyl (C=O) groups excluding carboxylic acids is 3. The van der Waals surface area contributed by atoms with Gasteiger partial charge in [-0.15, -0.1) is 0 Å². The number of nitrogens with two attached hydrogens (primary N) is 1. The monoisotopic (exact) mass is 514 g/mol. The maximum Gasteiger partial charge on any atom is 0.310 e. The number of benzene rings is 1. The van der Waals surface area contributed by atoms with Gasteiger partial charge >= 0.3 is 5.97 Å². The van der Waals surface area contributed by atoms with Gasteiger partial charge in [-0.05, 0) is 37.3 Å². The van der Waals surface area contributed by atoms with E-state index in [2.05, 4.69) is 17.2 Å². The molecule has 0 unspecified atom stereocenters. The van der Waals surface area contributed by atoms with Gasteiger partial charge < -0.3 is 21.1 Å². The van der Waals surface area contributed by atoms with Gasteiger partial charge in [-0.1, -0.05) is 24.2 Å². The van der Waals surface area contributed by atoms with Crippen LogP contribution in [0.25, 0.3) is 5.69 Å². The van der Waals surface area contributed by atoms with Crippen LogP contribution in [-0.4, -0.2) is 29.0 Å². The number of pyridine rings is 1. The lowest BCUT2D eigenvalue weighted by Crippen LogP contribution is -2.26. The van der Waals surface area contributed by atoms with E-state index >= 15 is 0 Å². The molecular formula is C25H24ClFN4O5. The second-order valence-corrected chi connectivity index (χ2v) is 8.23. The molecule has 1 aromatic heterocycles. The van der Waals surface area contributed by atoms with Crippen LogP contribution in [0.3, 0.4) is 0 Å². The molecule has 1 fully saturated rings. The van der Waals surface area contributed by atoms with E-state index in [1.165, 1.54) is 41.1 Å². The van der Waals surface area contributed by atoms with Crippen LogP contribution >= 0.6 is 11.6 Å². The fourth-order valence-electron chi connectivity index (χ4n) is 3.63. The molecule has 3 atom stereocenters. The molecule has 1 aromatic carbocycles. The van der Waals surface area contributed by atoms with Gasteiger partial charge in [0.15, 0.2) is 0 Å². The van der Waals surface area contributed by atoms with Crippen LogP contribution in [0.2, 0.25) is 0 Å². The lowest BCUT2D eigenvalue weighted by atomic mass is 10.2. The second-order valence-electron chi connectivity index (χ2n) is 7.79. The number of aromatic nitrogens is 1. The van der Waals surface area contributed by atoms with Crippen LogP contribution in [0.4, 0.5) is 10.1 Å². The summed E-state index contributed by atoms with van der Waals surface area (Å²) in [6, 6.07) is 8.35. The van der Waals surface area contributed by atoms with E-state index in [0.29, 0.717) is 0 Å². The van der Waals surface area contributed by atoms with Gasteiger partial charge in [0.2, 0.25) is 11.8 Å². The summed E-state index contributed by atoms with van der Waals surface area (Å²) in [5, 5.41) is 5.12. The van der Waals surface area contributed by atoms with Gasteiger partial charge in [0.25, 0.3) is 5.56 Å². The van der Waals surface area contributed by atoms with Gasteiger partial charge in [-0.3, -0.25) is 23.7 Å². The molecule has 1 aliphatic rings. The maximum atomic E-state index is 14.8. The number of hydrogen-bond donors (Lipinski definition) is 3. The number of esters is 1. The summed E-state index contributed by atoms with van der Waals surface area (Å²) in [5.74, 6) is -6.03. The molecule has 0 saturated heterocycles. The largest absolute Gasteiger partial charge is 0.466 e. The normalized spacial score (nSPS) is 19.0. The van der Waals surface area contributed by atoms with E-state index in [0.717, 1.165) is 12.3 Å². The SMILES string of the molecule is C=C(/C=C\C(Cl)=C/N)NC(=O)[C@@H]1[C@H](C(=O)Nc2ccc(-n3ccccc3=O)cc2F)[C@H]1C(=O)OCC. The number of rotatable bonds is 9. The third kappa shape index (κ3) is 6.08. The van der Waals surface area contributed by atoms with Crippen molar-refractivity contribution in [3.63, 3.8) is 0 Å². The molecule has 2 aromatic rings. The zero-order valence-corrected chi connectivity index (χ0v) is 20.0. The third-order valence-electron chi connectivity index (χ3n) is 5.38. The lowest BCUT2D eigenvalue weighted by Gasteiger charge is -2.10. The molecule has 4 N–H and O–H groups in total. The van der Waals surface area contributed by atoms with Crippen LogP contribution in [0.5, 0.6) is 0 Å². The maximum absolute atomic E-state index is 14.8. The lowest BCUT2D eigenvalue weighted by molar-refractivity contribution is -0.146. The molecule has 9 nitrogen and oxygen atoms in total. The van der Waals surface area contributed by atoms with E-state index in [9.17, 15) is 23.6 Å². The Morgan fingerprint density at radius 2 is 1.89 bits per heavy atom. The van der Waals surface area contributed by atoms with E-state index in [4.69, 9.17) is 22.1 Å². The Labute approximate surface area is 211 Å². The average Bonchev–Trinajstić information content (AvgIpc) is 3.60. The Morgan fingerprint density at radius 3 is 2.53 bits per heavy atom. The zero-order chi connectivity index (χ0) is 26.4. The highest BCUT2D eigenvalue weighted by molar-refractivity contribution is 6.31. The Balaban J connectivity index is 1.75. The Morgan fingerprint density at radius 1 is 1.17 bits per heavy atom. The van der Waals surface area contributed by atoms with Crippen molar-refractivity contribution in [1.82, 2.24) is 9.88 Å². The highest BCUT2D eigenvalue weighted by atomic mass is 35.5. The number of halogens is 2. The predicted molar refractivity (Wildman–Crippen MR) is 132 cm³/mol. The molecule has 0 spiro atoms. The molecule has 36 heavy (non-hydrogen) atoms. The first-order chi connectivity index (χ1) is 17.2. The fourth-order valence-corrected chi connectivity index (χ4v) is 3.69.